The largest absolute Gasteiger partial charge is 0.456 e. The van der Waals surface area contributed by atoms with Crippen LogP contribution in [0.25, 0.3) is 98.8 Å². The van der Waals surface area contributed by atoms with Gasteiger partial charge < -0.3 is 4.42 Å². The van der Waals surface area contributed by atoms with Crippen LogP contribution in [0, 0.1) is 0 Å². The third kappa shape index (κ3) is 4.47. The quantitative estimate of drug-likeness (QED) is 0.178. The maximum atomic E-state index is 6.28. The van der Waals surface area contributed by atoms with Gasteiger partial charge in [0, 0.05) is 10.8 Å². The van der Waals surface area contributed by atoms with E-state index in [1.165, 1.54) is 76.8 Å². The van der Waals surface area contributed by atoms with Gasteiger partial charge in [0.2, 0.25) is 0 Å². The summed E-state index contributed by atoms with van der Waals surface area (Å²) in [5.41, 5.74) is 11.6. The summed E-state index contributed by atoms with van der Waals surface area (Å²) < 4.78 is 6.28. The van der Waals surface area contributed by atoms with Crippen LogP contribution in [-0.2, 0) is 0 Å². The Morgan fingerprint density at radius 1 is 0.265 bits per heavy atom. The van der Waals surface area contributed by atoms with Crippen molar-refractivity contribution in [2.75, 3.05) is 0 Å². The Balaban J connectivity index is 1.38. The van der Waals surface area contributed by atoms with Crippen LogP contribution in [0.1, 0.15) is 0 Å². The predicted molar refractivity (Wildman–Crippen MR) is 208 cm³/mol. The van der Waals surface area contributed by atoms with Crippen LogP contribution in [0.15, 0.2) is 186 Å². The molecule has 0 spiro atoms. The van der Waals surface area contributed by atoms with Crippen LogP contribution in [0.3, 0.4) is 0 Å². The fourth-order valence-corrected chi connectivity index (χ4v) is 7.77. The molecular formula is C48H30O. The molecule has 0 aliphatic heterocycles. The zero-order valence-electron chi connectivity index (χ0n) is 26.7. The SMILES string of the molecule is c1ccc(-c2ccc3c(-c4cccc5ccccc45)c4cc(-c5ccccc5)ccc4c(-c4ccc5oc6ccccc6c5c4)c3c2)cc1. The van der Waals surface area contributed by atoms with E-state index in [9.17, 15) is 0 Å². The molecule has 49 heavy (non-hydrogen) atoms. The van der Waals surface area contributed by atoms with E-state index in [2.05, 4.69) is 176 Å². The molecule has 0 saturated carbocycles. The molecule has 1 aromatic heterocycles. The van der Waals surface area contributed by atoms with Crippen LogP contribution in [-0.4, -0.2) is 0 Å². The van der Waals surface area contributed by atoms with Gasteiger partial charge in [0.1, 0.15) is 11.2 Å². The van der Waals surface area contributed by atoms with Crippen molar-refractivity contribution in [3.8, 4) is 44.5 Å². The van der Waals surface area contributed by atoms with E-state index < -0.39 is 0 Å². The molecule has 9 aromatic carbocycles. The summed E-state index contributed by atoms with van der Waals surface area (Å²) in [6.45, 7) is 0. The van der Waals surface area contributed by atoms with Crippen LogP contribution < -0.4 is 0 Å². The molecule has 0 amide bonds. The van der Waals surface area contributed by atoms with Gasteiger partial charge in [-0.15, -0.1) is 0 Å². The highest BCUT2D eigenvalue weighted by Gasteiger charge is 2.20. The molecule has 228 valence electrons. The highest BCUT2D eigenvalue weighted by atomic mass is 16.3. The predicted octanol–water partition coefficient (Wildman–Crippen LogP) is 13.7. The van der Waals surface area contributed by atoms with Crippen LogP contribution in [0.4, 0.5) is 0 Å². The molecule has 0 atom stereocenters. The Bertz CT molecular complexity index is 2850. The van der Waals surface area contributed by atoms with E-state index in [0.29, 0.717) is 0 Å². The first kappa shape index (κ1) is 27.7. The molecule has 0 N–H and O–H groups in total. The second-order valence-corrected chi connectivity index (χ2v) is 12.8. The smallest absolute Gasteiger partial charge is 0.135 e. The minimum atomic E-state index is 0.905. The summed E-state index contributed by atoms with van der Waals surface area (Å²) >= 11 is 0. The van der Waals surface area contributed by atoms with Gasteiger partial charge in [-0.05, 0) is 107 Å². The van der Waals surface area contributed by atoms with Gasteiger partial charge in [0.05, 0.1) is 0 Å². The molecule has 1 heterocycles. The van der Waals surface area contributed by atoms with E-state index in [0.717, 1.165) is 21.9 Å². The van der Waals surface area contributed by atoms with Gasteiger partial charge in [-0.3, -0.25) is 0 Å². The highest BCUT2D eigenvalue weighted by Crippen LogP contribution is 2.48. The van der Waals surface area contributed by atoms with Gasteiger partial charge >= 0.3 is 0 Å². The number of furan rings is 1. The van der Waals surface area contributed by atoms with E-state index in [4.69, 9.17) is 4.42 Å². The number of rotatable bonds is 4. The Hall–Kier alpha value is -6.44. The van der Waals surface area contributed by atoms with Crippen molar-refractivity contribution < 1.29 is 4.42 Å². The highest BCUT2D eigenvalue weighted by molar-refractivity contribution is 6.25. The average molecular weight is 623 g/mol. The fraction of sp³-hybridized carbons (Fsp3) is 0. The minimum absolute atomic E-state index is 0.905. The third-order valence-electron chi connectivity index (χ3n) is 10.1. The standard InChI is InChI=1S/C48H30O/c1-3-12-31(13-4-1)34-23-26-41-43(28-34)47(36-24-27-46-42(30-36)38-19-9-10-21-45(38)49-46)40-25-22-35(32-14-5-2-6-15-32)29-44(40)48(41)39-20-11-17-33-16-7-8-18-37(33)39/h1-30H. The maximum Gasteiger partial charge on any atom is 0.135 e. The summed E-state index contributed by atoms with van der Waals surface area (Å²) in [6.07, 6.45) is 0. The van der Waals surface area contributed by atoms with Crippen molar-refractivity contribution in [3.63, 3.8) is 0 Å². The van der Waals surface area contributed by atoms with Crippen LogP contribution >= 0.6 is 0 Å². The van der Waals surface area contributed by atoms with E-state index >= 15 is 0 Å². The first-order chi connectivity index (χ1) is 24.3. The summed E-state index contributed by atoms with van der Waals surface area (Å²) in [7, 11) is 0. The Morgan fingerprint density at radius 3 is 1.53 bits per heavy atom. The third-order valence-corrected chi connectivity index (χ3v) is 10.1. The van der Waals surface area contributed by atoms with E-state index in [-0.39, 0.29) is 0 Å². The molecule has 0 unspecified atom stereocenters. The topological polar surface area (TPSA) is 13.1 Å². The number of para-hydroxylation sites is 1. The monoisotopic (exact) mass is 622 g/mol. The Labute approximate surface area is 284 Å². The summed E-state index contributed by atoms with van der Waals surface area (Å²) in [6, 6.07) is 66.0. The molecule has 1 nitrogen and oxygen atoms in total. The van der Waals surface area contributed by atoms with Crippen LogP contribution in [0.2, 0.25) is 0 Å². The normalized spacial score (nSPS) is 11.7. The number of benzene rings is 9. The van der Waals surface area contributed by atoms with Crippen molar-refractivity contribution in [2.24, 2.45) is 0 Å². The molecule has 10 rings (SSSR count). The van der Waals surface area contributed by atoms with Crippen molar-refractivity contribution >= 4 is 54.3 Å². The lowest BCUT2D eigenvalue weighted by molar-refractivity contribution is 0.669. The molecule has 0 aliphatic carbocycles. The van der Waals surface area contributed by atoms with E-state index in [1.54, 1.807) is 0 Å². The molecule has 0 aliphatic rings. The first-order valence-corrected chi connectivity index (χ1v) is 16.8. The number of hydrogen-bond donors (Lipinski definition) is 0. The van der Waals surface area contributed by atoms with Crippen molar-refractivity contribution in [1.29, 1.82) is 0 Å². The minimum Gasteiger partial charge on any atom is -0.456 e. The summed E-state index contributed by atoms with van der Waals surface area (Å²) in [5.74, 6) is 0. The fourth-order valence-electron chi connectivity index (χ4n) is 7.77. The second kappa shape index (κ2) is 11.1. The van der Waals surface area contributed by atoms with Gasteiger partial charge in [0.25, 0.3) is 0 Å². The maximum absolute atomic E-state index is 6.28. The zero-order valence-corrected chi connectivity index (χ0v) is 26.7. The molecule has 0 fully saturated rings. The molecule has 0 saturated heterocycles. The summed E-state index contributed by atoms with van der Waals surface area (Å²) in [4.78, 5) is 0. The van der Waals surface area contributed by atoms with Gasteiger partial charge in [-0.25, -0.2) is 0 Å². The van der Waals surface area contributed by atoms with Crippen molar-refractivity contribution in [2.45, 2.75) is 0 Å². The van der Waals surface area contributed by atoms with Crippen molar-refractivity contribution in [1.82, 2.24) is 0 Å². The van der Waals surface area contributed by atoms with Gasteiger partial charge in [0.15, 0.2) is 0 Å². The van der Waals surface area contributed by atoms with E-state index in [1.807, 2.05) is 6.07 Å². The Kier molecular flexibility index (Phi) is 6.25. The first-order valence-electron chi connectivity index (χ1n) is 16.8. The molecular weight excluding hydrogens is 593 g/mol. The molecule has 10 aromatic rings. The lowest BCUT2D eigenvalue weighted by atomic mass is 9.82. The lowest BCUT2D eigenvalue weighted by Crippen LogP contribution is -1.93. The van der Waals surface area contributed by atoms with Gasteiger partial charge in [-0.1, -0.05) is 152 Å². The average Bonchev–Trinajstić information content (AvgIpc) is 3.55. The molecule has 1 heteroatoms. The number of fused-ring (bicyclic) bond motifs is 6. The molecule has 0 radical (unpaired) electrons. The zero-order chi connectivity index (χ0) is 32.3. The Morgan fingerprint density at radius 2 is 0.796 bits per heavy atom. The van der Waals surface area contributed by atoms with Crippen molar-refractivity contribution in [3.05, 3.63) is 182 Å². The number of hydrogen-bond acceptors (Lipinski definition) is 1. The molecule has 0 bridgehead atoms. The van der Waals surface area contributed by atoms with Crippen LogP contribution in [0.5, 0.6) is 0 Å². The van der Waals surface area contributed by atoms with Gasteiger partial charge in [-0.2, -0.15) is 0 Å². The summed E-state index contributed by atoms with van der Waals surface area (Å²) in [5, 5.41) is 9.70. The second-order valence-electron chi connectivity index (χ2n) is 12.8. The lowest BCUT2D eigenvalue weighted by Gasteiger charge is -2.20.